The summed E-state index contributed by atoms with van der Waals surface area (Å²) in [4.78, 5) is 15.7. The molecule has 0 bridgehead atoms. The molecule has 1 N–H and O–H groups in total. The lowest BCUT2D eigenvalue weighted by Gasteiger charge is -2.25. The summed E-state index contributed by atoms with van der Waals surface area (Å²) in [5.74, 6) is 3.51. The van der Waals surface area contributed by atoms with Crippen LogP contribution in [-0.2, 0) is 17.1 Å². The normalized spacial score (nSPS) is 15.0. The maximum Gasteiger partial charge on any atom is 0.224 e. The fraction of sp³-hybridized carbons (Fsp3) is 0.500. The minimum Gasteiger partial charge on any atom is -0.492 e. The fourth-order valence-electron chi connectivity index (χ4n) is 3.14. The van der Waals surface area contributed by atoms with E-state index >= 15 is 0 Å². The molecule has 0 atom stereocenters. The smallest absolute Gasteiger partial charge is 0.224 e. The number of thioether (sulfide) groups is 1. The zero-order chi connectivity index (χ0) is 20.2. The molecule has 2 aromatic rings. The van der Waals surface area contributed by atoms with Gasteiger partial charge in [0.2, 0.25) is 5.91 Å². The first-order valence-corrected chi connectivity index (χ1v) is 12.3. The van der Waals surface area contributed by atoms with Crippen molar-refractivity contribution in [1.82, 2.24) is 10.2 Å². The maximum absolute atomic E-state index is 11.8. The molecule has 158 valence electrons. The van der Waals surface area contributed by atoms with Crippen LogP contribution in [0, 0.1) is 0 Å². The fourth-order valence-corrected chi connectivity index (χ4v) is 4.83. The van der Waals surface area contributed by atoms with Crippen LogP contribution in [0.5, 0.6) is 5.75 Å². The molecule has 29 heavy (non-hydrogen) atoms. The van der Waals surface area contributed by atoms with Gasteiger partial charge in [-0.1, -0.05) is 12.5 Å². The third-order valence-corrected chi connectivity index (χ3v) is 6.55. The van der Waals surface area contributed by atoms with Crippen LogP contribution in [0.2, 0.25) is 0 Å². The lowest BCUT2D eigenvalue weighted by Crippen LogP contribution is -2.28. The van der Waals surface area contributed by atoms with E-state index in [9.17, 15) is 4.79 Å². The summed E-state index contributed by atoms with van der Waals surface area (Å²) in [6.07, 6.45) is 10.6. The van der Waals surface area contributed by atoms with Crippen LogP contribution in [0.4, 0.5) is 0 Å². The largest absolute Gasteiger partial charge is 0.492 e. The molecular formula is C22H30N2O3S2. The Kier molecular flexibility index (Phi) is 9.69. The van der Waals surface area contributed by atoms with Gasteiger partial charge in [0.1, 0.15) is 11.5 Å². The summed E-state index contributed by atoms with van der Waals surface area (Å²) in [5, 5.41) is 4.90. The SMILES string of the molecule is O=C(CCSCc1ccco1)N/C=C\CCOc1csc(CN2CCCCC2)c1. The summed E-state index contributed by atoms with van der Waals surface area (Å²) in [6.45, 7) is 4.09. The first-order valence-electron chi connectivity index (χ1n) is 10.3. The molecule has 0 aliphatic carbocycles. The van der Waals surface area contributed by atoms with E-state index in [1.54, 1.807) is 35.6 Å². The second-order valence-electron chi connectivity index (χ2n) is 7.07. The average molecular weight is 435 g/mol. The van der Waals surface area contributed by atoms with E-state index in [4.69, 9.17) is 9.15 Å². The van der Waals surface area contributed by atoms with Crippen molar-refractivity contribution in [2.24, 2.45) is 0 Å². The first-order chi connectivity index (χ1) is 14.3. The number of carbonyl (C=O) groups excluding carboxylic acids is 1. The second kappa shape index (κ2) is 12.8. The number of hydrogen-bond acceptors (Lipinski definition) is 6. The monoisotopic (exact) mass is 434 g/mol. The lowest BCUT2D eigenvalue weighted by atomic mass is 10.1. The molecule has 1 fully saturated rings. The number of nitrogens with one attached hydrogen (secondary N) is 1. The lowest BCUT2D eigenvalue weighted by molar-refractivity contribution is -0.119. The van der Waals surface area contributed by atoms with Crippen LogP contribution in [0.25, 0.3) is 0 Å². The number of rotatable bonds is 12. The van der Waals surface area contributed by atoms with Gasteiger partial charge in [0.15, 0.2) is 0 Å². The predicted molar refractivity (Wildman–Crippen MR) is 120 cm³/mol. The van der Waals surface area contributed by atoms with Gasteiger partial charge in [-0.05, 0) is 50.3 Å². The number of nitrogens with zero attached hydrogens (tertiary/aromatic N) is 1. The van der Waals surface area contributed by atoms with E-state index in [2.05, 4.69) is 21.7 Å². The maximum atomic E-state index is 11.8. The molecule has 7 heteroatoms. The summed E-state index contributed by atoms with van der Waals surface area (Å²) in [5.41, 5.74) is 0. The van der Waals surface area contributed by atoms with E-state index in [-0.39, 0.29) is 5.91 Å². The summed E-state index contributed by atoms with van der Waals surface area (Å²) in [7, 11) is 0. The van der Waals surface area contributed by atoms with Crippen LogP contribution in [0.15, 0.2) is 46.5 Å². The molecule has 0 radical (unpaired) electrons. The van der Waals surface area contributed by atoms with E-state index < -0.39 is 0 Å². The number of carbonyl (C=O) groups is 1. The molecule has 3 heterocycles. The highest BCUT2D eigenvalue weighted by Gasteiger charge is 2.11. The molecule has 0 saturated carbocycles. The van der Waals surface area contributed by atoms with Crippen molar-refractivity contribution < 1.29 is 13.9 Å². The van der Waals surface area contributed by atoms with Crippen molar-refractivity contribution in [1.29, 1.82) is 0 Å². The second-order valence-corrected chi connectivity index (χ2v) is 9.18. The quantitative estimate of drug-likeness (QED) is 0.474. The summed E-state index contributed by atoms with van der Waals surface area (Å²) in [6, 6.07) is 5.98. The highest BCUT2D eigenvalue weighted by Crippen LogP contribution is 2.24. The zero-order valence-electron chi connectivity index (χ0n) is 16.8. The zero-order valence-corrected chi connectivity index (χ0v) is 18.4. The molecule has 2 aromatic heterocycles. The topological polar surface area (TPSA) is 54.7 Å². The summed E-state index contributed by atoms with van der Waals surface area (Å²) < 4.78 is 11.1. The number of furan rings is 1. The Labute approximate surface area is 181 Å². The Morgan fingerprint density at radius 2 is 2.24 bits per heavy atom. The van der Waals surface area contributed by atoms with Crippen LogP contribution in [-0.4, -0.2) is 36.3 Å². The Morgan fingerprint density at radius 1 is 1.34 bits per heavy atom. The van der Waals surface area contributed by atoms with Crippen molar-refractivity contribution in [3.63, 3.8) is 0 Å². The summed E-state index contributed by atoms with van der Waals surface area (Å²) >= 11 is 3.47. The number of amides is 1. The minimum atomic E-state index is 0.0364. The van der Waals surface area contributed by atoms with Gasteiger partial charge in [0, 0.05) is 35.4 Å². The van der Waals surface area contributed by atoms with Gasteiger partial charge in [0.25, 0.3) is 0 Å². The Balaban J connectivity index is 1.21. The predicted octanol–water partition coefficient (Wildman–Crippen LogP) is 5.05. The van der Waals surface area contributed by atoms with Crippen LogP contribution in [0.1, 0.15) is 42.7 Å². The minimum absolute atomic E-state index is 0.0364. The van der Waals surface area contributed by atoms with Crippen LogP contribution >= 0.6 is 23.1 Å². The van der Waals surface area contributed by atoms with Gasteiger partial charge in [0.05, 0.1) is 18.6 Å². The Morgan fingerprint density at radius 3 is 3.07 bits per heavy atom. The molecule has 1 aliphatic heterocycles. The van der Waals surface area contributed by atoms with E-state index in [1.807, 2.05) is 18.2 Å². The van der Waals surface area contributed by atoms with Crippen molar-refractivity contribution in [3.8, 4) is 5.75 Å². The van der Waals surface area contributed by atoms with Crippen molar-refractivity contribution in [2.45, 2.75) is 44.4 Å². The standard InChI is InChI=1S/C22H30N2O3S2/c25-22(8-14-28-17-19-7-6-13-26-19)23-9-2-5-12-27-20-15-21(29-18-20)16-24-10-3-1-4-11-24/h2,6-7,9,13,15,18H,1,3-5,8,10-12,14,16-17H2,(H,23,25)/b9-2-. The van der Waals surface area contributed by atoms with Crippen LogP contribution in [0.3, 0.4) is 0 Å². The van der Waals surface area contributed by atoms with E-state index in [0.717, 1.165) is 36.0 Å². The Hall–Kier alpha value is -1.70. The molecule has 1 saturated heterocycles. The van der Waals surface area contributed by atoms with Gasteiger partial charge in [-0.15, -0.1) is 11.3 Å². The molecule has 0 spiro atoms. The Bertz CT molecular complexity index is 737. The van der Waals surface area contributed by atoms with Crippen molar-refractivity contribution >= 4 is 29.0 Å². The third-order valence-electron chi connectivity index (χ3n) is 4.67. The number of thiophene rings is 1. The molecule has 1 aliphatic rings. The molecular weight excluding hydrogens is 404 g/mol. The van der Waals surface area contributed by atoms with Gasteiger partial charge < -0.3 is 14.5 Å². The van der Waals surface area contributed by atoms with Gasteiger partial charge in [-0.25, -0.2) is 0 Å². The van der Waals surface area contributed by atoms with E-state index in [0.29, 0.717) is 13.0 Å². The van der Waals surface area contributed by atoms with Gasteiger partial charge in [-0.2, -0.15) is 11.8 Å². The number of piperidine rings is 1. The number of ether oxygens (including phenoxy) is 1. The van der Waals surface area contributed by atoms with Gasteiger partial charge in [-0.3, -0.25) is 9.69 Å². The third kappa shape index (κ3) is 8.68. The molecule has 1 amide bonds. The molecule has 0 unspecified atom stereocenters. The van der Waals surface area contributed by atoms with E-state index in [1.165, 1.54) is 37.2 Å². The number of likely N-dealkylation sites (tertiary alicyclic amines) is 1. The molecule has 5 nitrogen and oxygen atoms in total. The highest BCUT2D eigenvalue weighted by atomic mass is 32.2. The number of hydrogen-bond donors (Lipinski definition) is 1. The highest BCUT2D eigenvalue weighted by molar-refractivity contribution is 7.98. The van der Waals surface area contributed by atoms with Crippen LogP contribution < -0.4 is 10.1 Å². The molecule has 0 aromatic carbocycles. The van der Waals surface area contributed by atoms with Crippen molar-refractivity contribution in [3.05, 3.63) is 52.8 Å². The van der Waals surface area contributed by atoms with Gasteiger partial charge >= 0.3 is 0 Å². The molecule has 3 rings (SSSR count). The first kappa shape index (κ1) is 22.0. The van der Waals surface area contributed by atoms with Crippen molar-refractivity contribution in [2.75, 3.05) is 25.4 Å². The average Bonchev–Trinajstić information content (AvgIpc) is 3.41.